The number of anilines is 1. The van der Waals surface area contributed by atoms with Crippen molar-refractivity contribution in [2.75, 3.05) is 25.6 Å². The molecule has 2 heterocycles. The number of aliphatic hydroxyl groups is 1. The Labute approximate surface area is 160 Å². The lowest BCUT2D eigenvalue weighted by Gasteiger charge is -2.13. The van der Waals surface area contributed by atoms with E-state index in [1.807, 2.05) is 0 Å². The smallest absolute Gasteiger partial charge is 0.338 e. The molecule has 3 rings (SSSR count). The molecule has 1 aliphatic heterocycles. The SMILES string of the molecule is COC(=O)c1ccnc(Oc2ccc(NC3=CC(=O)N(CCO)C3=O)cc2)c1. The van der Waals surface area contributed by atoms with Gasteiger partial charge in [-0.05, 0) is 30.3 Å². The predicted molar refractivity (Wildman–Crippen MR) is 97.6 cm³/mol. The van der Waals surface area contributed by atoms with Crippen molar-refractivity contribution in [2.24, 2.45) is 0 Å². The molecule has 0 bridgehead atoms. The van der Waals surface area contributed by atoms with E-state index in [9.17, 15) is 14.4 Å². The Bertz CT molecular complexity index is 939. The Morgan fingerprint density at radius 1 is 1.21 bits per heavy atom. The van der Waals surface area contributed by atoms with Crippen LogP contribution in [0.1, 0.15) is 10.4 Å². The molecule has 1 aromatic carbocycles. The number of benzene rings is 1. The van der Waals surface area contributed by atoms with Crippen molar-refractivity contribution in [2.45, 2.75) is 0 Å². The van der Waals surface area contributed by atoms with Crippen molar-refractivity contribution < 1.29 is 29.0 Å². The van der Waals surface area contributed by atoms with Crippen LogP contribution in [0.4, 0.5) is 5.69 Å². The maximum Gasteiger partial charge on any atom is 0.338 e. The number of β-amino-alcohol motifs (C(OH)–C–C–N with tert-alkyl or cyclic N) is 1. The molecule has 0 spiro atoms. The molecule has 0 atom stereocenters. The number of hydrogen-bond acceptors (Lipinski definition) is 8. The Balaban J connectivity index is 1.66. The number of rotatable bonds is 7. The number of ether oxygens (including phenoxy) is 2. The fourth-order valence-electron chi connectivity index (χ4n) is 2.50. The van der Waals surface area contributed by atoms with Crippen molar-refractivity contribution in [3.05, 3.63) is 59.9 Å². The lowest BCUT2D eigenvalue weighted by atomic mass is 10.2. The third-order valence-electron chi connectivity index (χ3n) is 3.84. The van der Waals surface area contributed by atoms with Gasteiger partial charge in [-0.15, -0.1) is 0 Å². The fourth-order valence-corrected chi connectivity index (χ4v) is 2.50. The number of aromatic nitrogens is 1. The summed E-state index contributed by atoms with van der Waals surface area (Å²) in [4.78, 5) is 40.4. The van der Waals surface area contributed by atoms with E-state index in [4.69, 9.17) is 9.84 Å². The zero-order valence-corrected chi connectivity index (χ0v) is 14.9. The molecule has 28 heavy (non-hydrogen) atoms. The van der Waals surface area contributed by atoms with Crippen LogP contribution in [0, 0.1) is 0 Å². The standard InChI is InChI=1S/C19H17N3O6/c1-27-19(26)12-6-7-20-16(10-12)28-14-4-2-13(3-5-14)21-15-11-17(24)22(8-9-23)18(15)25/h2-7,10-11,21,23H,8-9H2,1H3. The van der Waals surface area contributed by atoms with Gasteiger partial charge in [0.1, 0.15) is 11.4 Å². The van der Waals surface area contributed by atoms with Crippen LogP contribution >= 0.6 is 0 Å². The van der Waals surface area contributed by atoms with Gasteiger partial charge in [0.15, 0.2) is 0 Å². The van der Waals surface area contributed by atoms with Crippen LogP contribution in [0.25, 0.3) is 0 Å². The lowest BCUT2D eigenvalue weighted by Crippen LogP contribution is -2.34. The quantitative estimate of drug-likeness (QED) is 0.543. The van der Waals surface area contributed by atoms with Crippen LogP contribution in [-0.2, 0) is 14.3 Å². The lowest BCUT2D eigenvalue weighted by molar-refractivity contribution is -0.137. The molecule has 2 N–H and O–H groups in total. The minimum Gasteiger partial charge on any atom is -0.465 e. The summed E-state index contributed by atoms with van der Waals surface area (Å²) in [6.45, 7) is -0.348. The van der Waals surface area contributed by atoms with Gasteiger partial charge in [-0.2, -0.15) is 0 Å². The molecular formula is C19H17N3O6. The molecule has 9 nitrogen and oxygen atoms in total. The van der Waals surface area contributed by atoms with Gasteiger partial charge < -0.3 is 19.9 Å². The first-order valence-electron chi connectivity index (χ1n) is 8.29. The Kier molecular flexibility index (Phi) is 5.66. The second-order valence-electron chi connectivity index (χ2n) is 5.70. The Morgan fingerprint density at radius 3 is 2.64 bits per heavy atom. The van der Waals surface area contributed by atoms with Crippen LogP contribution in [0.3, 0.4) is 0 Å². The second-order valence-corrected chi connectivity index (χ2v) is 5.70. The van der Waals surface area contributed by atoms with Gasteiger partial charge in [-0.1, -0.05) is 0 Å². The molecule has 0 saturated carbocycles. The van der Waals surface area contributed by atoms with Gasteiger partial charge in [-0.3, -0.25) is 14.5 Å². The number of esters is 1. The number of aliphatic hydroxyl groups excluding tert-OH is 1. The maximum absolute atomic E-state index is 12.1. The van der Waals surface area contributed by atoms with Crippen LogP contribution in [0.15, 0.2) is 54.4 Å². The van der Waals surface area contributed by atoms with E-state index in [0.29, 0.717) is 17.0 Å². The van der Waals surface area contributed by atoms with Crippen molar-refractivity contribution in [1.29, 1.82) is 0 Å². The number of amides is 2. The molecule has 144 valence electrons. The summed E-state index contributed by atoms with van der Waals surface area (Å²) in [7, 11) is 1.29. The van der Waals surface area contributed by atoms with Gasteiger partial charge in [0.05, 0.1) is 25.8 Å². The highest BCUT2D eigenvalue weighted by Crippen LogP contribution is 2.24. The van der Waals surface area contributed by atoms with E-state index in [0.717, 1.165) is 4.90 Å². The van der Waals surface area contributed by atoms with Crippen LogP contribution in [0.2, 0.25) is 0 Å². The zero-order chi connectivity index (χ0) is 20.1. The monoisotopic (exact) mass is 383 g/mol. The number of carbonyl (C=O) groups is 3. The van der Waals surface area contributed by atoms with Gasteiger partial charge >= 0.3 is 5.97 Å². The number of nitrogens with one attached hydrogen (secondary N) is 1. The normalized spacial score (nSPS) is 13.4. The molecule has 0 aliphatic carbocycles. The summed E-state index contributed by atoms with van der Waals surface area (Å²) >= 11 is 0. The van der Waals surface area contributed by atoms with E-state index in [1.54, 1.807) is 24.3 Å². The first kappa shape index (κ1) is 19.1. The molecule has 9 heteroatoms. The highest BCUT2D eigenvalue weighted by Gasteiger charge is 2.30. The molecule has 0 fully saturated rings. The Morgan fingerprint density at radius 2 is 1.96 bits per heavy atom. The van der Waals surface area contributed by atoms with Gasteiger partial charge in [0.25, 0.3) is 11.8 Å². The average molecular weight is 383 g/mol. The van der Waals surface area contributed by atoms with Gasteiger partial charge in [-0.25, -0.2) is 9.78 Å². The Hall–Kier alpha value is -3.72. The minimum absolute atomic E-state index is 0.0518. The second kappa shape index (κ2) is 8.31. The summed E-state index contributed by atoms with van der Waals surface area (Å²) in [6.07, 6.45) is 2.62. The number of nitrogens with zero attached hydrogens (tertiary/aromatic N) is 2. The molecule has 0 radical (unpaired) electrons. The first-order valence-corrected chi connectivity index (χ1v) is 8.29. The number of carbonyl (C=O) groups excluding carboxylic acids is 3. The molecule has 2 amide bonds. The van der Waals surface area contributed by atoms with E-state index < -0.39 is 17.8 Å². The van der Waals surface area contributed by atoms with Crippen molar-refractivity contribution >= 4 is 23.5 Å². The largest absolute Gasteiger partial charge is 0.465 e. The topological polar surface area (TPSA) is 118 Å². The van der Waals surface area contributed by atoms with E-state index >= 15 is 0 Å². The number of pyridine rings is 1. The predicted octanol–water partition coefficient (Wildman–Crippen LogP) is 1.32. The maximum atomic E-state index is 12.1. The number of hydrogen-bond donors (Lipinski definition) is 2. The molecule has 0 unspecified atom stereocenters. The summed E-state index contributed by atoms with van der Waals surface area (Å²) in [5.41, 5.74) is 1.01. The number of methoxy groups -OCH3 is 1. The summed E-state index contributed by atoms with van der Waals surface area (Å²) in [5, 5.41) is 11.8. The molecular weight excluding hydrogens is 366 g/mol. The summed E-state index contributed by atoms with van der Waals surface area (Å²) < 4.78 is 10.3. The van der Waals surface area contributed by atoms with Crippen molar-refractivity contribution in [1.82, 2.24) is 9.88 Å². The molecule has 1 aliphatic rings. The summed E-state index contributed by atoms with van der Waals surface area (Å²) in [5.74, 6) is -0.778. The van der Waals surface area contributed by atoms with E-state index in [-0.39, 0.29) is 24.7 Å². The third kappa shape index (κ3) is 4.15. The summed E-state index contributed by atoms with van der Waals surface area (Å²) in [6, 6.07) is 9.57. The minimum atomic E-state index is -0.497. The van der Waals surface area contributed by atoms with Crippen molar-refractivity contribution in [3.63, 3.8) is 0 Å². The first-order chi connectivity index (χ1) is 13.5. The molecule has 1 aromatic heterocycles. The van der Waals surface area contributed by atoms with Gasteiger partial charge in [0, 0.05) is 24.0 Å². The molecule has 0 saturated heterocycles. The van der Waals surface area contributed by atoms with Crippen molar-refractivity contribution in [3.8, 4) is 11.6 Å². The van der Waals surface area contributed by atoms with E-state index in [2.05, 4.69) is 15.0 Å². The van der Waals surface area contributed by atoms with Crippen LogP contribution in [0.5, 0.6) is 11.6 Å². The van der Waals surface area contributed by atoms with E-state index in [1.165, 1.54) is 31.5 Å². The van der Waals surface area contributed by atoms with Crippen LogP contribution in [-0.4, -0.2) is 53.0 Å². The van der Waals surface area contributed by atoms with Crippen LogP contribution < -0.4 is 10.1 Å². The zero-order valence-electron chi connectivity index (χ0n) is 14.9. The average Bonchev–Trinajstić information content (AvgIpc) is 2.97. The highest BCUT2D eigenvalue weighted by atomic mass is 16.5. The fraction of sp³-hybridized carbons (Fsp3) is 0.158. The third-order valence-corrected chi connectivity index (χ3v) is 3.84. The molecule has 2 aromatic rings. The highest BCUT2D eigenvalue weighted by molar-refractivity contribution is 6.17. The van der Waals surface area contributed by atoms with Gasteiger partial charge in [0.2, 0.25) is 5.88 Å². The number of imide groups is 1.